The minimum Gasteiger partial charge on any atom is -0.486 e. The molecular formula is C17H21N3O3S2. The first-order chi connectivity index (χ1) is 12.1. The molecule has 8 heteroatoms. The number of methoxy groups -OCH3 is 1. The third kappa shape index (κ3) is 3.38. The monoisotopic (exact) mass is 379 g/mol. The lowest BCUT2D eigenvalue weighted by Crippen LogP contribution is -2.62. The van der Waals surface area contributed by atoms with Crippen molar-refractivity contribution in [3.8, 4) is 15.3 Å². The highest BCUT2D eigenvalue weighted by molar-refractivity contribution is 7.16. The van der Waals surface area contributed by atoms with E-state index >= 15 is 0 Å². The lowest BCUT2D eigenvalue weighted by molar-refractivity contribution is 0.0218. The summed E-state index contributed by atoms with van der Waals surface area (Å²) in [6.45, 7) is 4.54. The number of rotatable bonds is 5. The van der Waals surface area contributed by atoms with Crippen molar-refractivity contribution >= 4 is 28.6 Å². The Labute approximate surface area is 154 Å². The standard InChI is InChI=1S/C17H21N3O3S2/c1-10-15(11-5-7-20(10)8-6-11)19-16(21)12-3-4-13(24-12)23-17-18-9-14(22-2)25-17/h3-4,9-11,15H,5-8H2,1-2H3,(H,19,21)/t10-,15-/m0/s1. The SMILES string of the molecule is COc1cnc(Oc2ccc(C(=O)N[C@@H]3C4CCN(CC4)[C@H]3C)s2)s1. The molecule has 0 unspecified atom stereocenters. The lowest BCUT2D eigenvalue weighted by Gasteiger charge is -2.49. The summed E-state index contributed by atoms with van der Waals surface area (Å²) in [5, 5.41) is 5.11. The van der Waals surface area contributed by atoms with Crippen LogP contribution in [0.5, 0.6) is 15.3 Å². The second kappa shape index (κ2) is 6.93. The number of fused-ring (bicyclic) bond motifs is 3. The highest BCUT2D eigenvalue weighted by Gasteiger charge is 2.40. The average molecular weight is 380 g/mol. The van der Waals surface area contributed by atoms with Crippen molar-refractivity contribution in [2.75, 3.05) is 20.2 Å². The smallest absolute Gasteiger partial charge is 0.282 e. The van der Waals surface area contributed by atoms with Gasteiger partial charge in [0.2, 0.25) is 0 Å². The molecule has 1 amide bonds. The van der Waals surface area contributed by atoms with Crippen molar-refractivity contribution < 1.29 is 14.3 Å². The Morgan fingerprint density at radius 3 is 2.76 bits per heavy atom. The average Bonchev–Trinajstić information content (AvgIpc) is 3.28. The third-order valence-electron chi connectivity index (χ3n) is 5.13. The van der Waals surface area contributed by atoms with Gasteiger partial charge in [-0.3, -0.25) is 9.69 Å². The number of hydrogen-bond donors (Lipinski definition) is 1. The Bertz CT molecular complexity index is 750. The molecule has 3 aliphatic rings. The van der Waals surface area contributed by atoms with E-state index in [0.29, 0.717) is 32.2 Å². The molecule has 0 aliphatic carbocycles. The fraction of sp³-hybridized carbons (Fsp3) is 0.529. The van der Waals surface area contributed by atoms with Gasteiger partial charge < -0.3 is 14.8 Å². The number of hydrogen-bond acceptors (Lipinski definition) is 7. The van der Waals surface area contributed by atoms with Crippen LogP contribution in [-0.4, -0.2) is 48.1 Å². The lowest BCUT2D eigenvalue weighted by atomic mass is 9.79. The number of aromatic nitrogens is 1. The molecule has 5 heterocycles. The second-order valence-corrected chi connectivity index (χ2v) is 8.49. The van der Waals surface area contributed by atoms with Crippen LogP contribution in [0, 0.1) is 5.92 Å². The maximum Gasteiger partial charge on any atom is 0.282 e. The van der Waals surface area contributed by atoms with Gasteiger partial charge in [0, 0.05) is 12.1 Å². The summed E-state index contributed by atoms with van der Waals surface area (Å²) in [4.78, 5) is 19.9. The van der Waals surface area contributed by atoms with Crippen molar-refractivity contribution in [3.63, 3.8) is 0 Å². The molecule has 0 spiro atoms. The summed E-state index contributed by atoms with van der Waals surface area (Å²) < 4.78 is 10.8. The predicted molar refractivity (Wildman–Crippen MR) is 98.1 cm³/mol. The molecule has 2 aromatic heterocycles. The van der Waals surface area contributed by atoms with E-state index in [1.54, 1.807) is 13.3 Å². The summed E-state index contributed by atoms with van der Waals surface area (Å²) in [5.41, 5.74) is 0. The molecule has 25 heavy (non-hydrogen) atoms. The summed E-state index contributed by atoms with van der Waals surface area (Å²) in [7, 11) is 1.60. The molecule has 2 bridgehead atoms. The molecule has 2 atom stereocenters. The molecular weight excluding hydrogens is 358 g/mol. The Morgan fingerprint density at radius 2 is 2.08 bits per heavy atom. The molecule has 6 nitrogen and oxygen atoms in total. The van der Waals surface area contributed by atoms with Crippen LogP contribution in [0.3, 0.4) is 0 Å². The summed E-state index contributed by atoms with van der Waals surface area (Å²) in [6.07, 6.45) is 3.98. The number of thiazole rings is 1. The van der Waals surface area contributed by atoms with Gasteiger partial charge in [-0.1, -0.05) is 11.3 Å². The van der Waals surface area contributed by atoms with E-state index in [4.69, 9.17) is 9.47 Å². The Morgan fingerprint density at radius 1 is 1.28 bits per heavy atom. The van der Waals surface area contributed by atoms with Gasteiger partial charge in [-0.15, -0.1) is 0 Å². The van der Waals surface area contributed by atoms with Crippen molar-refractivity contribution in [1.82, 2.24) is 15.2 Å². The zero-order chi connectivity index (χ0) is 17.4. The van der Waals surface area contributed by atoms with Gasteiger partial charge in [0.1, 0.15) is 0 Å². The maximum absolute atomic E-state index is 12.6. The number of amides is 1. The van der Waals surface area contributed by atoms with E-state index in [9.17, 15) is 4.79 Å². The zero-order valence-electron chi connectivity index (χ0n) is 14.2. The van der Waals surface area contributed by atoms with Gasteiger partial charge in [0.15, 0.2) is 10.1 Å². The largest absolute Gasteiger partial charge is 0.486 e. The zero-order valence-corrected chi connectivity index (χ0v) is 15.9. The molecule has 0 aromatic carbocycles. The second-order valence-electron chi connectivity index (χ2n) is 6.48. The molecule has 3 saturated heterocycles. The summed E-state index contributed by atoms with van der Waals surface area (Å²) in [6, 6.07) is 4.28. The third-order valence-corrected chi connectivity index (χ3v) is 6.93. The number of ether oxygens (including phenoxy) is 2. The van der Waals surface area contributed by atoms with Crippen LogP contribution in [0.4, 0.5) is 0 Å². The van der Waals surface area contributed by atoms with Crippen LogP contribution in [0.1, 0.15) is 29.4 Å². The van der Waals surface area contributed by atoms with Gasteiger partial charge in [-0.25, -0.2) is 4.98 Å². The minimum absolute atomic E-state index is 0.0119. The van der Waals surface area contributed by atoms with E-state index in [2.05, 4.69) is 22.1 Å². The van der Waals surface area contributed by atoms with Crippen LogP contribution in [0.25, 0.3) is 0 Å². The van der Waals surface area contributed by atoms with Crippen LogP contribution in [-0.2, 0) is 0 Å². The molecule has 1 N–H and O–H groups in total. The number of thiophene rings is 1. The van der Waals surface area contributed by atoms with E-state index in [-0.39, 0.29) is 11.9 Å². The van der Waals surface area contributed by atoms with Gasteiger partial charge in [0.25, 0.3) is 11.1 Å². The van der Waals surface area contributed by atoms with Crippen molar-refractivity contribution in [3.05, 3.63) is 23.2 Å². The molecule has 3 fully saturated rings. The van der Waals surface area contributed by atoms with Crippen LogP contribution in [0.15, 0.2) is 18.3 Å². The first kappa shape index (κ1) is 16.8. The number of carbonyl (C=O) groups excluding carboxylic acids is 1. The summed E-state index contributed by atoms with van der Waals surface area (Å²) >= 11 is 2.67. The predicted octanol–water partition coefficient (Wildman–Crippen LogP) is 3.22. The highest BCUT2D eigenvalue weighted by atomic mass is 32.1. The minimum atomic E-state index is -0.0119. The van der Waals surface area contributed by atoms with Gasteiger partial charge in [-0.05, 0) is 62.2 Å². The van der Waals surface area contributed by atoms with Gasteiger partial charge in [-0.2, -0.15) is 0 Å². The van der Waals surface area contributed by atoms with Crippen LogP contribution >= 0.6 is 22.7 Å². The van der Waals surface area contributed by atoms with Crippen LogP contribution in [0.2, 0.25) is 0 Å². The highest BCUT2D eigenvalue weighted by Crippen LogP contribution is 2.35. The maximum atomic E-state index is 12.6. The van der Waals surface area contributed by atoms with Gasteiger partial charge >= 0.3 is 0 Å². The molecule has 134 valence electrons. The Kier molecular flexibility index (Phi) is 4.66. The summed E-state index contributed by atoms with van der Waals surface area (Å²) in [5.74, 6) is 0.588. The normalized spacial score (nSPS) is 27.9. The van der Waals surface area contributed by atoms with Crippen LogP contribution < -0.4 is 14.8 Å². The van der Waals surface area contributed by atoms with E-state index in [0.717, 1.165) is 13.1 Å². The number of nitrogens with zero attached hydrogens (tertiary/aromatic N) is 2. The number of piperidine rings is 3. The fourth-order valence-electron chi connectivity index (χ4n) is 3.74. The molecule has 5 rings (SSSR count). The van der Waals surface area contributed by atoms with Gasteiger partial charge in [0.05, 0.1) is 18.2 Å². The molecule has 0 saturated carbocycles. The number of nitrogens with one attached hydrogen (secondary N) is 1. The fourth-order valence-corrected chi connectivity index (χ4v) is 5.15. The van der Waals surface area contributed by atoms with E-state index < -0.39 is 0 Å². The topological polar surface area (TPSA) is 63.7 Å². The molecule has 2 aromatic rings. The van der Waals surface area contributed by atoms with Crippen molar-refractivity contribution in [2.45, 2.75) is 31.8 Å². The first-order valence-corrected chi connectivity index (χ1v) is 10.1. The Balaban J connectivity index is 1.40. The van der Waals surface area contributed by atoms with Crippen molar-refractivity contribution in [1.29, 1.82) is 0 Å². The van der Waals surface area contributed by atoms with E-state index in [1.807, 2.05) is 12.1 Å². The first-order valence-electron chi connectivity index (χ1n) is 8.46. The Hall–Kier alpha value is -1.64. The molecule has 3 aliphatic heterocycles. The quantitative estimate of drug-likeness (QED) is 0.864. The van der Waals surface area contributed by atoms with E-state index in [1.165, 1.54) is 35.5 Å². The molecule has 0 radical (unpaired) electrons. The number of carbonyl (C=O) groups is 1. The van der Waals surface area contributed by atoms with Crippen molar-refractivity contribution in [2.24, 2.45) is 5.92 Å².